The molecule has 0 aliphatic heterocycles. The van der Waals surface area contributed by atoms with Crippen molar-refractivity contribution in [2.45, 2.75) is 34.1 Å². The minimum atomic E-state index is 0.679. The number of aromatic nitrogens is 3. The largest absolute Gasteiger partial charge is 0.396 e. The van der Waals surface area contributed by atoms with Crippen molar-refractivity contribution in [1.29, 1.82) is 0 Å². The van der Waals surface area contributed by atoms with E-state index in [1.54, 1.807) is 0 Å². The zero-order chi connectivity index (χ0) is 15.1. The van der Waals surface area contributed by atoms with E-state index in [1.165, 1.54) is 16.7 Å². The number of hydrogen-bond acceptors (Lipinski definition) is 3. The van der Waals surface area contributed by atoms with Crippen LogP contribution in [0, 0.1) is 27.7 Å². The van der Waals surface area contributed by atoms with Gasteiger partial charge in [-0.15, -0.1) is 0 Å². The van der Waals surface area contributed by atoms with Crippen LogP contribution in [0.5, 0.6) is 0 Å². The van der Waals surface area contributed by atoms with Crippen molar-refractivity contribution in [3.05, 3.63) is 58.0 Å². The van der Waals surface area contributed by atoms with Gasteiger partial charge in [0.15, 0.2) is 5.65 Å². The van der Waals surface area contributed by atoms with Crippen LogP contribution in [0.25, 0.3) is 5.65 Å². The summed E-state index contributed by atoms with van der Waals surface area (Å²) in [5.74, 6) is 0. The van der Waals surface area contributed by atoms with Crippen LogP contribution in [0.15, 0.2) is 24.3 Å². The fraction of sp³-hybridized carbons (Fsp3) is 0.294. The highest BCUT2D eigenvalue weighted by Crippen LogP contribution is 2.22. The Bertz CT molecular complexity index is 830. The van der Waals surface area contributed by atoms with Gasteiger partial charge in [0.1, 0.15) is 0 Å². The fourth-order valence-corrected chi connectivity index (χ4v) is 2.71. The third-order valence-electron chi connectivity index (χ3n) is 4.10. The molecule has 3 aromatic rings. The molecule has 0 amide bonds. The first-order valence-corrected chi connectivity index (χ1v) is 7.14. The van der Waals surface area contributed by atoms with Gasteiger partial charge in [-0.25, -0.2) is 9.50 Å². The molecule has 0 saturated heterocycles. The van der Waals surface area contributed by atoms with Gasteiger partial charge in [0.05, 0.1) is 22.8 Å². The van der Waals surface area contributed by atoms with Crippen molar-refractivity contribution in [3.8, 4) is 0 Å². The standard InChI is InChI=1S/C17H20N4/c1-10-6-5-7-14(12(10)3)9-16-13(4)19-17-15(18)8-11(2)20-21(16)17/h5-8H,9,18H2,1-4H3. The predicted octanol–water partition coefficient (Wildman–Crippen LogP) is 3.14. The fourth-order valence-electron chi connectivity index (χ4n) is 2.71. The van der Waals surface area contributed by atoms with Crippen LogP contribution in [0.1, 0.15) is 33.8 Å². The molecule has 0 atom stereocenters. The Balaban J connectivity index is 2.17. The summed E-state index contributed by atoms with van der Waals surface area (Å²) in [5.41, 5.74) is 14.4. The molecule has 4 heteroatoms. The van der Waals surface area contributed by atoms with E-state index in [0.717, 1.165) is 29.1 Å². The lowest BCUT2D eigenvalue weighted by Crippen LogP contribution is -2.04. The molecule has 0 unspecified atom stereocenters. The van der Waals surface area contributed by atoms with Crippen LogP contribution in [0.4, 0.5) is 5.69 Å². The molecule has 2 N–H and O–H groups in total. The van der Waals surface area contributed by atoms with Crippen LogP contribution in [0.3, 0.4) is 0 Å². The number of nitrogens with two attached hydrogens (primary N) is 1. The molecule has 2 heterocycles. The first-order chi connectivity index (χ1) is 9.97. The number of anilines is 1. The number of aryl methyl sites for hydroxylation is 3. The van der Waals surface area contributed by atoms with Crippen molar-refractivity contribution in [2.24, 2.45) is 0 Å². The zero-order valence-electron chi connectivity index (χ0n) is 12.9. The molecule has 0 spiro atoms. The SMILES string of the molecule is Cc1cc(N)c2nc(C)c(Cc3cccc(C)c3C)n2n1. The van der Waals surface area contributed by atoms with E-state index >= 15 is 0 Å². The molecule has 3 rings (SSSR count). The Labute approximate surface area is 124 Å². The average molecular weight is 280 g/mol. The Morgan fingerprint density at radius 2 is 1.90 bits per heavy atom. The minimum absolute atomic E-state index is 0.679. The van der Waals surface area contributed by atoms with Gasteiger partial charge >= 0.3 is 0 Å². The average Bonchev–Trinajstić information content (AvgIpc) is 2.73. The van der Waals surface area contributed by atoms with Crippen LogP contribution < -0.4 is 5.73 Å². The van der Waals surface area contributed by atoms with Gasteiger partial charge < -0.3 is 5.73 Å². The van der Waals surface area contributed by atoms with Crippen molar-refractivity contribution in [2.75, 3.05) is 5.73 Å². The van der Waals surface area contributed by atoms with Gasteiger partial charge in [-0.05, 0) is 50.5 Å². The number of benzene rings is 1. The number of imidazole rings is 1. The maximum Gasteiger partial charge on any atom is 0.177 e. The summed E-state index contributed by atoms with van der Waals surface area (Å²) in [6, 6.07) is 8.27. The van der Waals surface area contributed by atoms with Crippen LogP contribution in [0.2, 0.25) is 0 Å². The molecule has 108 valence electrons. The number of nitrogens with zero attached hydrogens (tertiary/aromatic N) is 3. The molecule has 0 aliphatic rings. The van der Waals surface area contributed by atoms with Gasteiger partial charge in [0.25, 0.3) is 0 Å². The Hall–Kier alpha value is -2.36. The number of hydrogen-bond donors (Lipinski definition) is 1. The van der Waals surface area contributed by atoms with E-state index in [9.17, 15) is 0 Å². The van der Waals surface area contributed by atoms with Gasteiger partial charge in [-0.1, -0.05) is 18.2 Å². The molecule has 21 heavy (non-hydrogen) atoms. The lowest BCUT2D eigenvalue weighted by molar-refractivity contribution is 0.842. The van der Waals surface area contributed by atoms with E-state index in [4.69, 9.17) is 5.73 Å². The highest BCUT2D eigenvalue weighted by atomic mass is 15.3. The van der Waals surface area contributed by atoms with Crippen molar-refractivity contribution in [1.82, 2.24) is 14.6 Å². The lowest BCUT2D eigenvalue weighted by Gasteiger charge is -2.09. The highest BCUT2D eigenvalue weighted by molar-refractivity contribution is 5.65. The minimum Gasteiger partial charge on any atom is -0.396 e. The zero-order valence-corrected chi connectivity index (χ0v) is 12.9. The normalized spacial score (nSPS) is 11.2. The van der Waals surface area contributed by atoms with Gasteiger partial charge in [-0.3, -0.25) is 0 Å². The third kappa shape index (κ3) is 2.27. The smallest absolute Gasteiger partial charge is 0.177 e. The molecule has 0 fully saturated rings. The molecular weight excluding hydrogens is 260 g/mol. The molecule has 0 bridgehead atoms. The molecular formula is C17H20N4. The van der Waals surface area contributed by atoms with E-state index in [0.29, 0.717) is 5.69 Å². The topological polar surface area (TPSA) is 56.2 Å². The van der Waals surface area contributed by atoms with E-state index in [-0.39, 0.29) is 0 Å². The molecule has 0 saturated carbocycles. The second kappa shape index (κ2) is 4.88. The lowest BCUT2D eigenvalue weighted by atomic mass is 9.99. The summed E-state index contributed by atoms with van der Waals surface area (Å²) < 4.78 is 1.89. The quantitative estimate of drug-likeness (QED) is 0.784. The Kier molecular flexibility index (Phi) is 3.16. The van der Waals surface area contributed by atoms with E-state index < -0.39 is 0 Å². The summed E-state index contributed by atoms with van der Waals surface area (Å²) in [7, 11) is 0. The van der Waals surface area contributed by atoms with E-state index in [2.05, 4.69) is 42.1 Å². The summed E-state index contributed by atoms with van der Waals surface area (Å²) in [6.45, 7) is 8.27. The molecule has 2 aromatic heterocycles. The van der Waals surface area contributed by atoms with Crippen molar-refractivity contribution < 1.29 is 0 Å². The van der Waals surface area contributed by atoms with Gasteiger partial charge in [0.2, 0.25) is 0 Å². The monoisotopic (exact) mass is 280 g/mol. The second-order valence-corrected chi connectivity index (χ2v) is 5.66. The molecule has 0 radical (unpaired) electrons. The van der Waals surface area contributed by atoms with Gasteiger partial charge in [0, 0.05) is 6.42 Å². The third-order valence-corrected chi connectivity index (χ3v) is 4.10. The molecule has 0 aliphatic carbocycles. The predicted molar refractivity (Wildman–Crippen MR) is 85.6 cm³/mol. The number of rotatable bonds is 2. The van der Waals surface area contributed by atoms with E-state index in [1.807, 2.05) is 24.4 Å². The van der Waals surface area contributed by atoms with Crippen LogP contribution >= 0.6 is 0 Å². The van der Waals surface area contributed by atoms with Crippen LogP contribution in [-0.2, 0) is 6.42 Å². The first-order valence-electron chi connectivity index (χ1n) is 7.14. The maximum absolute atomic E-state index is 6.06. The molecule has 1 aromatic carbocycles. The summed E-state index contributed by atoms with van der Waals surface area (Å²) in [4.78, 5) is 4.58. The van der Waals surface area contributed by atoms with Crippen LogP contribution in [-0.4, -0.2) is 14.6 Å². The van der Waals surface area contributed by atoms with Crippen molar-refractivity contribution >= 4 is 11.3 Å². The van der Waals surface area contributed by atoms with Crippen molar-refractivity contribution in [3.63, 3.8) is 0 Å². The number of fused-ring (bicyclic) bond motifs is 1. The summed E-state index contributed by atoms with van der Waals surface area (Å²) in [6.07, 6.45) is 0.816. The van der Waals surface area contributed by atoms with Gasteiger partial charge in [-0.2, -0.15) is 5.10 Å². The first kappa shape index (κ1) is 13.6. The Morgan fingerprint density at radius 1 is 1.14 bits per heavy atom. The molecule has 4 nitrogen and oxygen atoms in total. The summed E-state index contributed by atoms with van der Waals surface area (Å²) >= 11 is 0. The number of nitrogen functional groups attached to an aromatic ring is 1. The summed E-state index contributed by atoms with van der Waals surface area (Å²) in [5, 5.41) is 4.58. The maximum atomic E-state index is 6.06. The Morgan fingerprint density at radius 3 is 2.67 bits per heavy atom. The second-order valence-electron chi connectivity index (χ2n) is 5.66. The highest BCUT2D eigenvalue weighted by Gasteiger charge is 2.14.